The van der Waals surface area contributed by atoms with E-state index in [9.17, 15) is 0 Å². The molecule has 2 heteroatoms. The van der Waals surface area contributed by atoms with Gasteiger partial charge in [-0.2, -0.15) is 0 Å². The zero-order valence-electron chi connectivity index (χ0n) is 10.6. The average molecular weight is 200 g/mol. The van der Waals surface area contributed by atoms with Crippen molar-refractivity contribution < 1.29 is 0 Å². The van der Waals surface area contributed by atoms with Gasteiger partial charge in [-0.1, -0.05) is 27.7 Å². The molecule has 0 rings (SSSR count). The van der Waals surface area contributed by atoms with Crippen molar-refractivity contribution in [1.29, 1.82) is 0 Å². The SMILES string of the molecule is CCC(CC)(CC)NCC(C)C(C)N. The van der Waals surface area contributed by atoms with Crippen LogP contribution in [0.15, 0.2) is 0 Å². The molecule has 2 atom stereocenters. The zero-order chi connectivity index (χ0) is 11.2. The average Bonchev–Trinajstić information content (AvgIpc) is 2.20. The Morgan fingerprint density at radius 1 is 1.07 bits per heavy atom. The second kappa shape index (κ2) is 6.41. The van der Waals surface area contributed by atoms with E-state index in [0.29, 0.717) is 11.5 Å². The topological polar surface area (TPSA) is 38.0 Å². The van der Waals surface area contributed by atoms with Crippen molar-refractivity contribution in [2.24, 2.45) is 11.7 Å². The highest BCUT2D eigenvalue weighted by molar-refractivity contribution is 4.85. The number of hydrogen-bond donors (Lipinski definition) is 2. The molecule has 0 aromatic rings. The van der Waals surface area contributed by atoms with Crippen LogP contribution in [0.25, 0.3) is 0 Å². The van der Waals surface area contributed by atoms with Crippen LogP contribution in [0.2, 0.25) is 0 Å². The second-order valence-electron chi connectivity index (χ2n) is 4.56. The van der Waals surface area contributed by atoms with Gasteiger partial charge in [0.2, 0.25) is 0 Å². The molecule has 0 aromatic carbocycles. The zero-order valence-corrected chi connectivity index (χ0v) is 10.6. The van der Waals surface area contributed by atoms with Crippen LogP contribution < -0.4 is 11.1 Å². The normalized spacial score (nSPS) is 16.7. The van der Waals surface area contributed by atoms with Gasteiger partial charge >= 0.3 is 0 Å². The monoisotopic (exact) mass is 200 g/mol. The van der Waals surface area contributed by atoms with E-state index in [-0.39, 0.29) is 6.04 Å². The molecular weight excluding hydrogens is 172 g/mol. The third-order valence-corrected chi connectivity index (χ3v) is 3.73. The Kier molecular flexibility index (Phi) is 6.38. The van der Waals surface area contributed by atoms with E-state index in [4.69, 9.17) is 5.73 Å². The fourth-order valence-electron chi connectivity index (χ4n) is 1.69. The molecule has 0 heterocycles. The molecule has 2 unspecified atom stereocenters. The van der Waals surface area contributed by atoms with Crippen molar-refractivity contribution in [3.8, 4) is 0 Å². The highest BCUT2D eigenvalue weighted by Gasteiger charge is 2.23. The van der Waals surface area contributed by atoms with Crippen molar-refractivity contribution in [2.75, 3.05) is 6.54 Å². The van der Waals surface area contributed by atoms with Crippen molar-refractivity contribution in [1.82, 2.24) is 5.32 Å². The van der Waals surface area contributed by atoms with Gasteiger partial charge in [0, 0.05) is 11.6 Å². The molecule has 0 aliphatic heterocycles. The lowest BCUT2D eigenvalue weighted by Crippen LogP contribution is -2.47. The van der Waals surface area contributed by atoms with E-state index in [0.717, 1.165) is 6.54 Å². The summed E-state index contributed by atoms with van der Waals surface area (Å²) in [5.74, 6) is 0.555. The first-order chi connectivity index (χ1) is 6.51. The maximum absolute atomic E-state index is 5.85. The lowest BCUT2D eigenvalue weighted by molar-refractivity contribution is 0.266. The van der Waals surface area contributed by atoms with Crippen molar-refractivity contribution in [3.63, 3.8) is 0 Å². The Bertz CT molecular complexity index is 131. The molecular formula is C12H28N2. The first-order valence-corrected chi connectivity index (χ1v) is 6.02. The Labute approximate surface area is 89.6 Å². The number of nitrogens with one attached hydrogen (secondary N) is 1. The van der Waals surface area contributed by atoms with Crippen LogP contribution >= 0.6 is 0 Å². The summed E-state index contributed by atoms with van der Waals surface area (Å²) >= 11 is 0. The predicted octanol–water partition coefficient (Wildman–Crippen LogP) is 2.53. The van der Waals surface area contributed by atoms with Gasteiger partial charge in [0.25, 0.3) is 0 Å². The molecule has 0 aliphatic carbocycles. The largest absolute Gasteiger partial charge is 0.328 e. The lowest BCUT2D eigenvalue weighted by atomic mass is 9.89. The number of nitrogens with two attached hydrogens (primary N) is 1. The summed E-state index contributed by atoms with van der Waals surface area (Å²) in [7, 11) is 0. The van der Waals surface area contributed by atoms with E-state index < -0.39 is 0 Å². The molecule has 86 valence electrons. The molecule has 0 saturated heterocycles. The van der Waals surface area contributed by atoms with E-state index in [1.807, 2.05) is 0 Å². The van der Waals surface area contributed by atoms with E-state index >= 15 is 0 Å². The van der Waals surface area contributed by atoms with Crippen LogP contribution in [0.4, 0.5) is 0 Å². The third kappa shape index (κ3) is 3.97. The Balaban J connectivity index is 4.05. The summed E-state index contributed by atoms with van der Waals surface area (Å²) in [5.41, 5.74) is 6.19. The third-order valence-electron chi connectivity index (χ3n) is 3.73. The van der Waals surface area contributed by atoms with Crippen LogP contribution in [0, 0.1) is 5.92 Å². The van der Waals surface area contributed by atoms with Crippen molar-refractivity contribution in [3.05, 3.63) is 0 Å². The molecule has 0 radical (unpaired) electrons. The van der Waals surface area contributed by atoms with E-state index in [2.05, 4.69) is 39.9 Å². The number of hydrogen-bond acceptors (Lipinski definition) is 2. The molecule has 2 nitrogen and oxygen atoms in total. The van der Waals surface area contributed by atoms with Gasteiger partial charge in [0.15, 0.2) is 0 Å². The molecule has 0 amide bonds. The van der Waals surface area contributed by atoms with Gasteiger partial charge in [0.05, 0.1) is 0 Å². The van der Waals surface area contributed by atoms with E-state index in [1.54, 1.807) is 0 Å². The number of rotatable bonds is 7. The fraction of sp³-hybridized carbons (Fsp3) is 1.00. The van der Waals surface area contributed by atoms with Gasteiger partial charge < -0.3 is 11.1 Å². The Morgan fingerprint density at radius 2 is 1.50 bits per heavy atom. The minimum Gasteiger partial charge on any atom is -0.328 e. The maximum Gasteiger partial charge on any atom is 0.0173 e. The van der Waals surface area contributed by atoms with Gasteiger partial charge in [-0.3, -0.25) is 0 Å². The quantitative estimate of drug-likeness (QED) is 0.663. The smallest absolute Gasteiger partial charge is 0.0173 e. The summed E-state index contributed by atoms with van der Waals surface area (Å²) in [6, 6.07) is 0.283. The molecule has 3 N–H and O–H groups in total. The van der Waals surface area contributed by atoms with Gasteiger partial charge in [-0.25, -0.2) is 0 Å². The van der Waals surface area contributed by atoms with E-state index in [1.165, 1.54) is 19.3 Å². The Hall–Kier alpha value is -0.0800. The lowest BCUT2D eigenvalue weighted by Gasteiger charge is -2.34. The molecule has 0 bridgehead atoms. The molecule has 14 heavy (non-hydrogen) atoms. The minimum atomic E-state index is 0.283. The summed E-state index contributed by atoms with van der Waals surface area (Å²) < 4.78 is 0. The standard InChI is InChI=1S/C12H28N2/c1-6-12(7-2,8-3)14-9-10(4)11(5)13/h10-11,14H,6-9,13H2,1-5H3. The first kappa shape index (κ1) is 13.9. The summed E-state index contributed by atoms with van der Waals surface area (Å²) in [6.45, 7) is 12.1. The molecule has 0 aromatic heterocycles. The predicted molar refractivity (Wildman–Crippen MR) is 64.4 cm³/mol. The second-order valence-corrected chi connectivity index (χ2v) is 4.56. The molecule has 0 aliphatic rings. The van der Waals surface area contributed by atoms with Crippen molar-refractivity contribution >= 4 is 0 Å². The van der Waals surface area contributed by atoms with Gasteiger partial charge in [-0.05, 0) is 38.6 Å². The summed E-state index contributed by atoms with van der Waals surface area (Å²) in [6.07, 6.45) is 3.60. The minimum absolute atomic E-state index is 0.283. The summed E-state index contributed by atoms with van der Waals surface area (Å²) in [4.78, 5) is 0. The van der Waals surface area contributed by atoms with Crippen molar-refractivity contribution in [2.45, 2.75) is 65.5 Å². The van der Waals surface area contributed by atoms with Crippen LogP contribution in [-0.4, -0.2) is 18.1 Å². The van der Waals surface area contributed by atoms with Crippen LogP contribution in [0.5, 0.6) is 0 Å². The van der Waals surface area contributed by atoms with Gasteiger partial charge in [-0.15, -0.1) is 0 Å². The maximum atomic E-state index is 5.85. The van der Waals surface area contributed by atoms with Crippen LogP contribution in [0.3, 0.4) is 0 Å². The Morgan fingerprint density at radius 3 is 1.79 bits per heavy atom. The first-order valence-electron chi connectivity index (χ1n) is 6.02. The molecule has 0 fully saturated rings. The fourth-order valence-corrected chi connectivity index (χ4v) is 1.69. The molecule has 0 spiro atoms. The van der Waals surface area contributed by atoms with Crippen LogP contribution in [-0.2, 0) is 0 Å². The highest BCUT2D eigenvalue weighted by atomic mass is 15.0. The summed E-state index contributed by atoms with van der Waals surface area (Å²) in [5, 5.41) is 3.68. The van der Waals surface area contributed by atoms with Crippen LogP contribution in [0.1, 0.15) is 53.9 Å². The van der Waals surface area contributed by atoms with Gasteiger partial charge in [0.1, 0.15) is 0 Å². The molecule has 0 saturated carbocycles. The highest BCUT2D eigenvalue weighted by Crippen LogP contribution is 2.19.